The van der Waals surface area contributed by atoms with Crippen molar-refractivity contribution in [3.63, 3.8) is 0 Å². The molecule has 9 rings (SSSR count). The summed E-state index contributed by atoms with van der Waals surface area (Å²) in [6.45, 7) is 0. The quantitative estimate of drug-likeness (QED) is 0.0773. The number of aryl methyl sites for hydroxylation is 4. The second-order valence-electron chi connectivity index (χ2n) is 15.5. The van der Waals surface area contributed by atoms with Gasteiger partial charge in [0.2, 0.25) is 0 Å². The standard InChI is InChI=1S/C44H30Cl4N4O12S4/c45-29-5-1-21(65(53,54)55)17-25(29)41-33-9-11-35(49-33)42(26-18-22(66(56,57)58)2-6-30(26)46)37-13-15-39(51-37)44(28-20-24(68(62,63)64)4-8-32(28)48)40-16-14-38(52-40)43(36-12-10-34(41)50-36)27-19-23(67(59,60)61)3-7-31(27)47/h1-9,11,14,16-20,49,52H,10,12-13,15H2,(H,53,54,55)(H,56,57,58)(H,59,60,61)(H,62,63,64). The molecule has 5 heterocycles. The Bertz CT molecular complexity index is 3490. The molecule has 0 amide bonds. The van der Waals surface area contributed by atoms with Gasteiger partial charge in [0.1, 0.15) is 0 Å². The molecule has 0 unspecified atom stereocenters. The first-order valence-electron chi connectivity index (χ1n) is 19.7. The number of hydrogen-bond donors (Lipinski definition) is 6. The molecule has 68 heavy (non-hydrogen) atoms. The van der Waals surface area contributed by atoms with Crippen LogP contribution in [0.25, 0.3) is 66.6 Å². The van der Waals surface area contributed by atoms with Gasteiger partial charge in [0.15, 0.2) is 0 Å². The second kappa shape index (κ2) is 17.3. The summed E-state index contributed by atoms with van der Waals surface area (Å²) >= 11 is 27.4. The number of H-pyrrole nitrogens is 2. The Balaban J connectivity index is 1.54. The van der Waals surface area contributed by atoms with E-state index in [2.05, 4.69) is 9.97 Å². The number of nitrogens with one attached hydrogen (secondary N) is 2. The summed E-state index contributed by atoms with van der Waals surface area (Å²) in [7, 11) is -19.1. The predicted molar refractivity (Wildman–Crippen MR) is 257 cm³/mol. The highest BCUT2D eigenvalue weighted by atomic mass is 35.5. The van der Waals surface area contributed by atoms with Gasteiger partial charge in [0.25, 0.3) is 40.5 Å². The van der Waals surface area contributed by atoms with Crippen LogP contribution >= 0.6 is 46.4 Å². The summed E-state index contributed by atoms with van der Waals surface area (Å²) in [4.78, 5) is 14.8. The Morgan fingerprint density at radius 2 is 0.559 bits per heavy atom. The number of hydrogen-bond acceptors (Lipinski definition) is 10. The van der Waals surface area contributed by atoms with Crippen LogP contribution in [0.5, 0.6) is 0 Å². The Kier molecular flexibility index (Phi) is 12.2. The zero-order valence-electron chi connectivity index (χ0n) is 34.2. The maximum atomic E-state index is 12.5. The lowest BCUT2D eigenvalue weighted by molar-refractivity contribution is 0.481. The molecule has 0 saturated carbocycles. The molecule has 0 atom stereocenters. The lowest BCUT2D eigenvalue weighted by Gasteiger charge is -2.11. The van der Waals surface area contributed by atoms with E-state index in [9.17, 15) is 51.9 Å². The summed E-state index contributed by atoms with van der Waals surface area (Å²) in [6, 6.07) is 20.7. The summed E-state index contributed by atoms with van der Waals surface area (Å²) in [5.74, 6) is 0. The van der Waals surface area contributed by atoms with Crippen LogP contribution < -0.4 is 0 Å². The van der Waals surface area contributed by atoms with Gasteiger partial charge in [-0.2, -0.15) is 33.7 Å². The molecule has 350 valence electrons. The molecule has 2 aliphatic heterocycles. The molecule has 4 aromatic carbocycles. The van der Waals surface area contributed by atoms with Crippen LogP contribution in [0.4, 0.5) is 0 Å². The predicted octanol–water partition coefficient (Wildman–Crippen LogP) is 10.2. The van der Waals surface area contributed by atoms with Crippen molar-refractivity contribution in [3.8, 4) is 44.5 Å². The Hall–Kier alpha value is -5.20. The molecule has 0 spiro atoms. The smallest absolute Gasteiger partial charge is 0.294 e. The third-order valence-electron chi connectivity index (χ3n) is 11.4. The van der Waals surface area contributed by atoms with E-state index in [0.29, 0.717) is 22.8 Å². The van der Waals surface area contributed by atoms with E-state index in [1.54, 1.807) is 24.3 Å². The van der Waals surface area contributed by atoms with Gasteiger partial charge in [-0.1, -0.05) is 46.4 Å². The van der Waals surface area contributed by atoms with Crippen molar-refractivity contribution in [1.29, 1.82) is 0 Å². The Labute approximate surface area is 407 Å². The zero-order chi connectivity index (χ0) is 48.8. The molecule has 0 fully saturated rings. The van der Waals surface area contributed by atoms with E-state index in [-0.39, 0.29) is 112 Å². The van der Waals surface area contributed by atoms with Crippen LogP contribution in [0.1, 0.15) is 22.8 Å². The molecule has 2 aliphatic rings. The number of aromatic nitrogens is 4. The fraction of sp³-hybridized carbons (Fsp3) is 0.0909. The lowest BCUT2D eigenvalue weighted by atomic mass is 10.0. The fourth-order valence-electron chi connectivity index (χ4n) is 8.37. The highest BCUT2D eigenvalue weighted by Gasteiger charge is 2.27. The van der Waals surface area contributed by atoms with Gasteiger partial charge in [-0.15, -0.1) is 0 Å². The lowest BCUT2D eigenvalue weighted by Crippen LogP contribution is -1.99. The molecule has 6 N–H and O–H groups in total. The van der Waals surface area contributed by atoms with Crippen molar-refractivity contribution >= 4 is 109 Å². The van der Waals surface area contributed by atoms with Crippen LogP contribution in [0.3, 0.4) is 0 Å². The molecule has 24 heteroatoms. The van der Waals surface area contributed by atoms with E-state index < -0.39 is 60.1 Å². The van der Waals surface area contributed by atoms with E-state index in [4.69, 9.17) is 56.4 Å². The van der Waals surface area contributed by atoms with Crippen LogP contribution in [-0.4, -0.2) is 71.8 Å². The van der Waals surface area contributed by atoms with Crippen molar-refractivity contribution in [2.45, 2.75) is 45.3 Å². The molecule has 3 aromatic heterocycles. The van der Waals surface area contributed by atoms with E-state index in [0.717, 1.165) is 24.3 Å². The first kappa shape index (κ1) is 47.8. The molecule has 8 bridgehead atoms. The largest absolute Gasteiger partial charge is 0.354 e. The molecule has 0 radical (unpaired) electrons. The van der Waals surface area contributed by atoms with Gasteiger partial charge >= 0.3 is 0 Å². The van der Waals surface area contributed by atoms with E-state index in [1.165, 1.54) is 48.5 Å². The number of halogens is 4. The van der Waals surface area contributed by atoms with Crippen molar-refractivity contribution in [2.75, 3.05) is 0 Å². The highest BCUT2D eigenvalue weighted by molar-refractivity contribution is 7.86. The van der Waals surface area contributed by atoms with Crippen LogP contribution in [0, 0.1) is 0 Å². The molecular formula is C44H30Cl4N4O12S4. The monoisotopic (exact) mass is 1070 g/mol. The van der Waals surface area contributed by atoms with Crippen molar-refractivity contribution < 1.29 is 51.9 Å². The summed E-state index contributed by atoms with van der Waals surface area (Å²) < 4.78 is 141. The van der Waals surface area contributed by atoms with Crippen molar-refractivity contribution in [3.05, 3.63) is 140 Å². The Morgan fingerprint density at radius 3 is 0.750 bits per heavy atom. The van der Waals surface area contributed by atoms with Gasteiger partial charge in [-0.25, -0.2) is 0 Å². The number of nitrogens with zero attached hydrogens (tertiary/aromatic N) is 2. The van der Waals surface area contributed by atoms with Crippen LogP contribution in [-0.2, 0) is 66.2 Å². The Morgan fingerprint density at radius 1 is 0.353 bits per heavy atom. The maximum Gasteiger partial charge on any atom is 0.294 e. The normalized spacial score (nSPS) is 13.5. The second-order valence-corrected chi connectivity index (χ2v) is 22.9. The maximum absolute atomic E-state index is 12.5. The summed E-state index contributed by atoms with van der Waals surface area (Å²) in [6.07, 6.45) is 0.544. The summed E-state index contributed by atoms with van der Waals surface area (Å²) in [5, 5.41) is 0.180. The number of benzene rings is 4. The van der Waals surface area contributed by atoms with Gasteiger partial charge in [0.05, 0.1) is 42.4 Å². The highest BCUT2D eigenvalue weighted by Crippen LogP contribution is 2.44. The van der Waals surface area contributed by atoms with Crippen LogP contribution in [0.2, 0.25) is 20.1 Å². The van der Waals surface area contributed by atoms with E-state index >= 15 is 0 Å². The number of rotatable bonds is 8. The first-order valence-corrected chi connectivity index (χ1v) is 27.0. The third-order valence-corrected chi connectivity index (χ3v) is 16.1. The van der Waals surface area contributed by atoms with Crippen molar-refractivity contribution in [1.82, 2.24) is 19.9 Å². The minimum Gasteiger partial charge on any atom is -0.354 e. The van der Waals surface area contributed by atoms with Gasteiger partial charge < -0.3 is 9.97 Å². The minimum atomic E-state index is -4.78. The third kappa shape index (κ3) is 9.07. The average Bonchev–Trinajstić information content (AvgIpc) is 4.10. The number of aromatic amines is 2. The minimum absolute atomic E-state index is 0.0449. The average molecular weight is 1080 g/mol. The molecule has 16 nitrogen and oxygen atoms in total. The molecule has 7 aromatic rings. The first-order chi connectivity index (χ1) is 31.9. The topological polar surface area (TPSA) is 275 Å². The number of fused-ring (bicyclic) bond motifs is 8. The van der Waals surface area contributed by atoms with Gasteiger partial charge in [-0.3, -0.25) is 28.2 Å². The fourth-order valence-corrected chi connectivity index (χ4v) is 11.2. The van der Waals surface area contributed by atoms with Gasteiger partial charge in [0, 0.05) is 86.7 Å². The van der Waals surface area contributed by atoms with Gasteiger partial charge in [-0.05, 0) is 123 Å². The zero-order valence-corrected chi connectivity index (χ0v) is 40.4. The molecule has 0 aliphatic carbocycles. The summed E-state index contributed by atoms with van der Waals surface area (Å²) in [5.41, 5.74) is 3.78. The van der Waals surface area contributed by atoms with Crippen LogP contribution in [0.15, 0.2) is 117 Å². The SMILES string of the molecule is O=S(=O)(O)c1ccc(Cl)c(-c2c3nc(c(-c4cc(S(=O)(=O)O)ccc4Cl)c4ccc([nH]4)c(-c4cc(S(=O)(=O)O)ccc4Cl)c4nc(c(-c5cc(S(=O)(=O)O)ccc5Cl)c5ccc2[nH]5)CC4)CC3)c1. The molecule has 0 saturated heterocycles. The van der Waals surface area contributed by atoms with Crippen molar-refractivity contribution in [2.24, 2.45) is 0 Å². The molecular weight excluding hydrogens is 1050 g/mol. The van der Waals surface area contributed by atoms with E-state index in [1.807, 2.05) is 0 Å².